The van der Waals surface area contributed by atoms with Crippen LogP contribution < -0.4 is 10.1 Å². The number of nitrogens with one attached hydrogen (secondary N) is 1. The number of aromatic nitrogens is 1. The predicted molar refractivity (Wildman–Crippen MR) is 122 cm³/mol. The largest absolute Gasteiger partial charge is 0.504 e. The molecule has 0 aliphatic carbocycles. The smallest absolute Gasteiger partial charge is 0.347 e. The lowest BCUT2D eigenvalue weighted by molar-refractivity contribution is 0.0524. The summed E-state index contributed by atoms with van der Waals surface area (Å²) in [6.07, 6.45) is 5.81. The Labute approximate surface area is 185 Å². The first kappa shape index (κ1) is 21.2. The van der Waals surface area contributed by atoms with Crippen molar-refractivity contribution in [1.82, 2.24) is 4.98 Å². The van der Waals surface area contributed by atoms with Gasteiger partial charge in [-0.25, -0.2) is 14.8 Å². The van der Waals surface area contributed by atoms with Crippen LogP contribution in [0.2, 0.25) is 0 Å². The molecule has 0 atom stereocenters. The van der Waals surface area contributed by atoms with Gasteiger partial charge in [0.25, 0.3) is 0 Å². The number of benzene rings is 1. The van der Waals surface area contributed by atoms with Crippen LogP contribution in [0.5, 0.6) is 11.5 Å². The lowest BCUT2D eigenvalue weighted by Crippen LogP contribution is -2.06. The van der Waals surface area contributed by atoms with Gasteiger partial charge in [0.15, 0.2) is 22.9 Å². The van der Waals surface area contributed by atoms with Crippen LogP contribution in [-0.4, -0.2) is 35.5 Å². The van der Waals surface area contributed by atoms with Gasteiger partial charge >= 0.3 is 5.97 Å². The summed E-state index contributed by atoms with van der Waals surface area (Å²) in [6, 6.07) is 10.9. The molecule has 2 aromatic heterocycles. The first-order valence-corrected chi connectivity index (χ1v) is 10.3. The van der Waals surface area contributed by atoms with E-state index in [0.29, 0.717) is 23.7 Å². The summed E-state index contributed by atoms with van der Waals surface area (Å²) in [5.74, 6) is 0.508. The third-order valence-corrected chi connectivity index (χ3v) is 4.68. The molecule has 0 bridgehead atoms. The molecule has 32 heavy (non-hydrogen) atoms. The van der Waals surface area contributed by atoms with Crippen LogP contribution in [0.3, 0.4) is 0 Å². The Balaban J connectivity index is 1.67. The number of fused-ring (bicyclic) bond motifs is 1. The molecule has 0 unspecified atom stereocenters. The lowest BCUT2D eigenvalue weighted by atomic mass is 10.1. The molecule has 8 nitrogen and oxygen atoms in total. The molecule has 1 aliphatic rings. The first-order valence-electron chi connectivity index (χ1n) is 10.3. The number of anilines is 2. The molecule has 1 aromatic carbocycles. The van der Waals surface area contributed by atoms with E-state index in [1.807, 2.05) is 25.1 Å². The number of carbonyl (C=O) groups is 1. The highest BCUT2D eigenvalue weighted by atomic mass is 16.5. The van der Waals surface area contributed by atoms with Gasteiger partial charge in [-0.3, -0.25) is 0 Å². The maximum absolute atomic E-state index is 12.5. The first-order chi connectivity index (χ1) is 15.6. The van der Waals surface area contributed by atoms with Gasteiger partial charge in [0.2, 0.25) is 5.88 Å². The normalized spacial score (nSPS) is 13.2. The molecule has 0 spiro atoms. The van der Waals surface area contributed by atoms with Crippen LogP contribution in [0.1, 0.15) is 41.9 Å². The minimum atomic E-state index is -0.689. The Bertz CT molecular complexity index is 1180. The third kappa shape index (κ3) is 4.34. The fourth-order valence-electron chi connectivity index (χ4n) is 3.19. The SMILES string of the molecule is CCCOc1ccc(Nc2oc(C=C3C=Nc4ncccc43)c(O)c2C(=O)OCC)cc1. The molecule has 0 amide bonds. The van der Waals surface area contributed by atoms with Crippen LogP contribution in [0.25, 0.3) is 11.6 Å². The monoisotopic (exact) mass is 433 g/mol. The molecule has 2 N–H and O–H groups in total. The number of hydrogen-bond acceptors (Lipinski definition) is 8. The van der Waals surface area contributed by atoms with Crippen molar-refractivity contribution in [3.8, 4) is 11.5 Å². The van der Waals surface area contributed by atoms with Gasteiger partial charge in [0, 0.05) is 29.2 Å². The van der Waals surface area contributed by atoms with Gasteiger partial charge in [-0.1, -0.05) is 6.92 Å². The molecule has 1 aliphatic heterocycles. The average molecular weight is 433 g/mol. The van der Waals surface area contributed by atoms with Crippen molar-refractivity contribution in [2.75, 3.05) is 18.5 Å². The number of aliphatic imine (C=N–C) groups is 1. The molecule has 0 fully saturated rings. The molecule has 8 heteroatoms. The summed E-state index contributed by atoms with van der Waals surface area (Å²) in [4.78, 5) is 21.0. The van der Waals surface area contributed by atoms with E-state index in [2.05, 4.69) is 15.3 Å². The van der Waals surface area contributed by atoms with Crippen molar-refractivity contribution in [2.45, 2.75) is 20.3 Å². The number of nitrogens with zero attached hydrogens (tertiary/aromatic N) is 2. The zero-order valence-electron chi connectivity index (χ0n) is 17.8. The zero-order valence-corrected chi connectivity index (χ0v) is 17.8. The summed E-state index contributed by atoms with van der Waals surface area (Å²) in [5, 5.41) is 13.8. The van der Waals surface area contributed by atoms with E-state index in [1.165, 1.54) is 0 Å². The highest BCUT2D eigenvalue weighted by Gasteiger charge is 2.27. The number of pyridine rings is 1. The molecule has 3 aromatic rings. The van der Waals surface area contributed by atoms with Crippen molar-refractivity contribution < 1.29 is 23.8 Å². The molecule has 4 rings (SSSR count). The Kier molecular flexibility index (Phi) is 6.21. The van der Waals surface area contributed by atoms with Crippen molar-refractivity contribution in [3.05, 3.63) is 59.5 Å². The Hall–Kier alpha value is -4.07. The van der Waals surface area contributed by atoms with Crippen molar-refractivity contribution in [2.24, 2.45) is 4.99 Å². The minimum absolute atomic E-state index is 0.0774. The topological polar surface area (TPSA) is 106 Å². The summed E-state index contributed by atoms with van der Waals surface area (Å²) in [7, 11) is 0. The fraction of sp³-hybridized carbons (Fsp3) is 0.208. The molecule has 0 radical (unpaired) electrons. The standard InChI is InChI=1S/C24H23N3O5/c1-3-12-31-17-9-7-16(8-10-17)27-23-20(24(29)30-4-2)21(28)19(32-23)13-15-14-26-22-18(15)6-5-11-25-22/h5-11,13-14,27-28H,3-4,12H2,1-2H3. The van der Waals surface area contributed by atoms with Gasteiger partial charge in [0.1, 0.15) is 5.75 Å². The van der Waals surface area contributed by atoms with Gasteiger partial charge in [-0.15, -0.1) is 0 Å². The number of ether oxygens (including phenoxy) is 2. The van der Waals surface area contributed by atoms with Gasteiger partial charge < -0.3 is 24.3 Å². The van der Waals surface area contributed by atoms with Gasteiger partial charge in [-0.05, 0) is 55.8 Å². The fourth-order valence-corrected chi connectivity index (χ4v) is 3.19. The average Bonchev–Trinajstić information content (AvgIpc) is 3.34. The second kappa shape index (κ2) is 9.38. The van der Waals surface area contributed by atoms with Crippen LogP contribution >= 0.6 is 0 Å². The Morgan fingerprint density at radius 3 is 2.78 bits per heavy atom. The molecule has 0 saturated carbocycles. The highest BCUT2D eigenvalue weighted by Crippen LogP contribution is 2.39. The second-order valence-corrected chi connectivity index (χ2v) is 6.97. The summed E-state index contributed by atoms with van der Waals surface area (Å²) >= 11 is 0. The van der Waals surface area contributed by atoms with E-state index < -0.39 is 5.97 Å². The van der Waals surface area contributed by atoms with Gasteiger partial charge in [0.05, 0.1) is 13.2 Å². The molecular formula is C24H23N3O5. The number of allylic oxidation sites excluding steroid dienone is 1. The predicted octanol–water partition coefficient (Wildman–Crippen LogP) is 5.35. The number of aromatic hydroxyl groups is 1. The Morgan fingerprint density at radius 1 is 1.22 bits per heavy atom. The van der Waals surface area contributed by atoms with Crippen LogP contribution in [0, 0.1) is 0 Å². The van der Waals surface area contributed by atoms with E-state index in [0.717, 1.165) is 17.7 Å². The van der Waals surface area contributed by atoms with E-state index in [-0.39, 0.29) is 29.6 Å². The lowest BCUT2D eigenvalue weighted by Gasteiger charge is -2.08. The van der Waals surface area contributed by atoms with Crippen molar-refractivity contribution in [3.63, 3.8) is 0 Å². The second-order valence-electron chi connectivity index (χ2n) is 6.97. The van der Waals surface area contributed by atoms with Crippen LogP contribution in [0.4, 0.5) is 17.4 Å². The molecule has 3 heterocycles. The number of furan rings is 1. The number of carbonyl (C=O) groups excluding carboxylic acids is 1. The van der Waals surface area contributed by atoms with Crippen LogP contribution in [-0.2, 0) is 4.74 Å². The number of esters is 1. The molecule has 164 valence electrons. The summed E-state index contributed by atoms with van der Waals surface area (Å²) in [6.45, 7) is 4.52. The minimum Gasteiger partial charge on any atom is -0.504 e. The van der Waals surface area contributed by atoms with Gasteiger partial charge in [-0.2, -0.15) is 0 Å². The molecule has 0 saturated heterocycles. The third-order valence-electron chi connectivity index (χ3n) is 4.68. The van der Waals surface area contributed by atoms with E-state index in [4.69, 9.17) is 13.9 Å². The maximum atomic E-state index is 12.5. The zero-order chi connectivity index (χ0) is 22.5. The van der Waals surface area contributed by atoms with E-state index in [1.54, 1.807) is 43.6 Å². The quantitative estimate of drug-likeness (QED) is 0.462. The molecular weight excluding hydrogens is 410 g/mol. The number of hydrogen-bond donors (Lipinski definition) is 2. The number of rotatable bonds is 8. The van der Waals surface area contributed by atoms with Crippen molar-refractivity contribution in [1.29, 1.82) is 0 Å². The van der Waals surface area contributed by atoms with E-state index in [9.17, 15) is 9.90 Å². The highest BCUT2D eigenvalue weighted by molar-refractivity contribution is 6.21. The van der Waals surface area contributed by atoms with Crippen molar-refractivity contribution >= 4 is 41.2 Å². The Morgan fingerprint density at radius 2 is 2.03 bits per heavy atom. The van der Waals surface area contributed by atoms with Crippen LogP contribution in [0.15, 0.2) is 52.0 Å². The maximum Gasteiger partial charge on any atom is 0.347 e. The summed E-state index contributed by atoms with van der Waals surface area (Å²) < 4.78 is 16.5. The van der Waals surface area contributed by atoms with E-state index >= 15 is 0 Å². The summed E-state index contributed by atoms with van der Waals surface area (Å²) in [5.41, 5.74) is 2.09.